The average Bonchev–Trinajstić information content (AvgIpc) is 3.01. The van der Waals surface area contributed by atoms with E-state index < -0.39 is 17.3 Å². The van der Waals surface area contributed by atoms with E-state index in [1.54, 1.807) is 9.80 Å². The minimum atomic E-state index is -0.631. The normalized spacial score (nSPS) is 16.3. The maximum Gasteiger partial charge on any atom is 0.411 e. The standard InChI is InChI=1S/C39H55N3O5/c1-38(2,3)46-36(44)41(28-30-15-8-7-9-16-30)23-12-13-24-42(37(45)47-39(4,5)6)29-31-21-25-40(26-22-31)35(43)27-33-19-14-18-32-17-10-11-20-34(32)33/h10-11,14,17-20,30-31H,7-9,15-16,21-29H2,1-6H3. The van der Waals surface area contributed by atoms with E-state index in [0.717, 1.165) is 42.0 Å². The van der Waals surface area contributed by atoms with Crippen LogP contribution in [0.5, 0.6) is 0 Å². The average molecular weight is 646 g/mol. The maximum atomic E-state index is 13.3. The molecule has 3 amide bonds. The van der Waals surface area contributed by atoms with Crippen molar-refractivity contribution in [3.05, 3.63) is 48.0 Å². The molecule has 2 fully saturated rings. The minimum absolute atomic E-state index is 0.137. The largest absolute Gasteiger partial charge is 0.444 e. The van der Waals surface area contributed by atoms with Gasteiger partial charge in [0.05, 0.1) is 19.5 Å². The zero-order valence-electron chi connectivity index (χ0n) is 29.5. The van der Waals surface area contributed by atoms with E-state index in [0.29, 0.717) is 38.5 Å². The van der Waals surface area contributed by atoms with Crippen molar-refractivity contribution < 1.29 is 23.9 Å². The molecule has 2 aliphatic rings. The van der Waals surface area contributed by atoms with Gasteiger partial charge in [-0.15, -0.1) is 0 Å². The molecule has 2 aromatic rings. The van der Waals surface area contributed by atoms with Crippen LogP contribution < -0.4 is 0 Å². The Hall–Kier alpha value is -3.73. The van der Waals surface area contributed by atoms with Crippen LogP contribution in [-0.4, -0.2) is 83.3 Å². The number of fused-ring (bicyclic) bond motifs is 1. The van der Waals surface area contributed by atoms with Crippen LogP contribution in [0.4, 0.5) is 9.59 Å². The van der Waals surface area contributed by atoms with Crippen LogP contribution >= 0.6 is 0 Å². The van der Waals surface area contributed by atoms with Gasteiger partial charge in [-0.3, -0.25) is 14.6 Å². The zero-order chi connectivity index (χ0) is 34.0. The Labute approximate surface area is 282 Å². The predicted molar refractivity (Wildman–Crippen MR) is 187 cm³/mol. The molecule has 2 aromatic carbocycles. The lowest BCUT2D eigenvalue weighted by atomic mass is 9.89. The van der Waals surface area contributed by atoms with Gasteiger partial charge in [-0.05, 0) is 95.4 Å². The first-order valence-electron chi connectivity index (χ1n) is 17.4. The van der Waals surface area contributed by atoms with Crippen LogP contribution in [0.2, 0.25) is 0 Å². The number of carbonyl (C=O) groups excluding carboxylic acids is 3. The van der Waals surface area contributed by atoms with E-state index in [2.05, 4.69) is 30.0 Å². The third kappa shape index (κ3) is 11.8. The van der Waals surface area contributed by atoms with E-state index in [1.807, 2.05) is 70.7 Å². The highest BCUT2D eigenvalue weighted by Gasteiger charge is 2.29. The van der Waals surface area contributed by atoms with Crippen LogP contribution in [0.3, 0.4) is 0 Å². The number of likely N-dealkylation sites (tertiary alicyclic amines) is 1. The van der Waals surface area contributed by atoms with Gasteiger partial charge in [0.1, 0.15) is 11.2 Å². The molecule has 1 aliphatic heterocycles. The van der Waals surface area contributed by atoms with Gasteiger partial charge in [0.25, 0.3) is 0 Å². The summed E-state index contributed by atoms with van der Waals surface area (Å²) in [5.41, 5.74) is -0.166. The molecular formula is C39H55N3O5. The Bertz CT molecular complexity index is 1410. The van der Waals surface area contributed by atoms with Crippen LogP contribution in [0.25, 0.3) is 10.8 Å². The molecule has 1 heterocycles. The lowest BCUT2D eigenvalue weighted by Crippen LogP contribution is -2.44. The molecule has 4 rings (SSSR count). The summed E-state index contributed by atoms with van der Waals surface area (Å²) in [6.45, 7) is 14.1. The quantitative estimate of drug-likeness (QED) is 0.275. The number of benzene rings is 2. The summed E-state index contributed by atoms with van der Waals surface area (Å²) < 4.78 is 11.4. The first-order chi connectivity index (χ1) is 22.3. The van der Waals surface area contributed by atoms with E-state index in [9.17, 15) is 14.4 Å². The fourth-order valence-corrected chi connectivity index (χ4v) is 6.44. The number of nitrogens with zero attached hydrogens (tertiary/aromatic N) is 3. The summed E-state index contributed by atoms with van der Waals surface area (Å²) in [4.78, 5) is 44.9. The Morgan fingerprint density at radius 3 is 1.79 bits per heavy atom. The van der Waals surface area contributed by atoms with E-state index in [-0.39, 0.29) is 31.0 Å². The number of ether oxygens (including phenoxy) is 2. The Kier molecular flexibility index (Phi) is 12.6. The third-order valence-electron chi connectivity index (χ3n) is 8.84. The second-order valence-electron chi connectivity index (χ2n) is 15.2. The van der Waals surface area contributed by atoms with Crippen molar-refractivity contribution in [2.24, 2.45) is 11.8 Å². The zero-order valence-corrected chi connectivity index (χ0v) is 29.5. The fraction of sp³-hybridized carbons (Fsp3) is 0.615. The summed E-state index contributed by atoms with van der Waals surface area (Å²) >= 11 is 0. The van der Waals surface area contributed by atoms with Gasteiger partial charge in [0.15, 0.2) is 0 Å². The molecule has 0 bridgehead atoms. The molecular weight excluding hydrogens is 590 g/mol. The van der Waals surface area contributed by atoms with Crippen LogP contribution in [0.15, 0.2) is 42.5 Å². The molecule has 0 spiro atoms. The summed E-state index contributed by atoms with van der Waals surface area (Å²) in [6.07, 6.45) is 7.14. The number of hydrogen-bond acceptors (Lipinski definition) is 5. The van der Waals surface area contributed by atoms with Gasteiger partial charge in [-0.25, -0.2) is 9.59 Å². The van der Waals surface area contributed by atoms with Gasteiger partial charge < -0.3 is 14.4 Å². The smallest absolute Gasteiger partial charge is 0.411 e. The summed E-state index contributed by atoms with van der Waals surface area (Å²) in [5, 5.41) is 2.26. The molecule has 256 valence electrons. The summed E-state index contributed by atoms with van der Waals surface area (Å²) in [7, 11) is 0. The third-order valence-corrected chi connectivity index (χ3v) is 8.84. The lowest BCUT2D eigenvalue weighted by molar-refractivity contribution is -0.131. The van der Waals surface area contributed by atoms with Gasteiger partial charge in [-0.2, -0.15) is 0 Å². The fourth-order valence-electron chi connectivity index (χ4n) is 6.44. The highest BCUT2D eigenvalue weighted by Crippen LogP contribution is 2.26. The van der Waals surface area contributed by atoms with Crippen molar-refractivity contribution in [2.45, 2.75) is 104 Å². The molecule has 1 saturated heterocycles. The number of piperidine rings is 1. The Balaban J connectivity index is 1.35. The highest BCUT2D eigenvalue weighted by molar-refractivity contribution is 5.90. The molecule has 1 saturated carbocycles. The predicted octanol–water partition coefficient (Wildman–Crippen LogP) is 7.68. The molecule has 47 heavy (non-hydrogen) atoms. The van der Waals surface area contributed by atoms with E-state index >= 15 is 0 Å². The van der Waals surface area contributed by atoms with Crippen molar-refractivity contribution in [1.29, 1.82) is 0 Å². The second kappa shape index (κ2) is 16.4. The first-order valence-corrected chi connectivity index (χ1v) is 17.4. The van der Waals surface area contributed by atoms with Crippen LogP contribution in [0, 0.1) is 23.7 Å². The van der Waals surface area contributed by atoms with Crippen molar-refractivity contribution in [2.75, 3.05) is 39.3 Å². The van der Waals surface area contributed by atoms with Crippen molar-refractivity contribution in [3.63, 3.8) is 0 Å². The molecule has 0 atom stereocenters. The number of rotatable bonds is 8. The van der Waals surface area contributed by atoms with Gasteiger partial charge >= 0.3 is 12.2 Å². The van der Waals surface area contributed by atoms with Crippen LogP contribution in [-0.2, 0) is 20.7 Å². The molecule has 8 heteroatoms. The number of amides is 3. The van der Waals surface area contributed by atoms with Gasteiger partial charge in [-0.1, -0.05) is 73.6 Å². The number of carbonyl (C=O) groups is 3. The van der Waals surface area contributed by atoms with Crippen molar-refractivity contribution >= 4 is 28.9 Å². The van der Waals surface area contributed by atoms with Gasteiger partial charge in [0.2, 0.25) is 5.91 Å². The highest BCUT2D eigenvalue weighted by atomic mass is 16.6. The summed E-state index contributed by atoms with van der Waals surface area (Å²) in [5.74, 6) is 7.14. The second-order valence-corrected chi connectivity index (χ2v) is 15.2. The van der Waals surface area contributed by atoms with Crippen LogP contribution in [0.1, 0.15) is 92.1 Å². The molecule has 0 aromatic heterocycles. The maximum absolute atomic E-state index is 13.3. The molecule has 8 nitrogen and oxygen atoms in total. The molecule has 0 N–H and O–H groups in total. The summed E-state index contributed by atoms with van der Waals surface area (Å²) in [6, 6.07) is 14.3. The molecule has 0 unspecified atom stereocenters. The molecule has 1 aliphatic carbocycles. The first kappa shape index (κ1) is 36.1. The monoisotopic (exact) mass is 645 g/mol. The Morgan fingerprint density at radius 2 is 1.23 bits per heavy atom. The Morgan fingerprint density at radius 1 is 0.723 bits per heavy atom. The number of hydrogen-bond donors (Lipinski definition) is 0. The van der Waals surface area contributed by atoms with Gasteiger partial charge in [0, 0.05) is 26.2 Å². The SMILES string of the molecule is CC(C)(C)OC(=O)N(CC#CCN(CC1CCN(C(=O)Cc2cccc3ccccc23)CC1)C(=O)OC(C)(C)C)CC1CCCCC1. The van der Waals surface area contributed by atoms with E-state index in [4.69, 9.17) is 9.47 Å². The lowest BCUT2D eigenvalue weighted by Gasteiger charge is -2.35. The van der Waals surface area contributed by atoms with E-state index in [1.165, 1.54) is 19.3 Å². The minimum Gasteiger partial charge on any atom is -0.444 e. The topological polar surface area (TPSA) is 79.4 Å². The van der Waals surface area contributed by atoms with Crippen molar-refractivity contribution in [3.8, 4) is 11.8 Å². The molecule has 0 radical (unpaired) electrons. The van der Waals surface area contributed by atoms with Crippen molar-refractivity contribution in [1.82, 2.24) is 14.7 Å².